The molecule has 0 saturated carbocycles. The van der Waals surface area contributed by atoms with Crippen molar-refractivity contribution in [2.45, 2.75) is 0 Å². The second kappa shape index (κ2) is 10.8. The van der Waals surface area contributed by atoms with Crippen LogP contribution in [0.4, 0.5) is 0 Å². The molecule has 6 nitrogen and oxygen atoms in total. The quantitative estimate of drug-likeness (QED) is 0.184. The van der Waals surface area contributed by atoms with Crippen LogP contribution in [0.25, 0.3) is 22.5 Å². The highest BCUT2D eigenvalue weighted by Crippen LogP contribution is 2.28. The van der Waals surface area contributed by atoms with Crippen molar-refractivity contribution in [1.82, 2.24) is 9.97 Å². The largest absolute Gasteiger partial charge is 0.423 e. The topological polar surface area (TPSA) is 78.4 Å². The van der Waals surface area contributed by atoms with E-state index in [1.165, 1.54) is 30.6 Å². The maximum absolute atomic E-state index is 12.7. The summed E-state index contributed by atoms with van der Waals surface area (Å²) in [5.74, 6) is -0.977. The Hall–Kier alpha value is -4.81. The zero-order valence-electron chi connectivity index (χ0n) is 19.4. The van der Waals surface area contributed by atoms with Gasteiger partial charge in [0.1, 0.15) is 11.5 Å². The smallest absolute Gasteiger partial charge is 0.345 e. The minimum atomic E-state index is -0.618. The van der Waals surface area contributed by atoms with Crippen molar-refractivity contribution in [2.24, 2.45) is 0 Å². The third kappa shape index (κ3) is 5.89. The van der Waals surface area contributed by atoms with Gasteiger partial charge in [-0.25, -0.2) is 9.59 Å². The molecule has 180 valence electrons. The van der Waals surface area contributed by atoms with Gasteiger partial charge in [-0.3, -0.25) is 9.97 Å². The average Bonchev–Trinajstić information content (AvgIpc) is 2.94. The number of carbonyl (C=O) groups excluding carboxylic acids is 2. The van der Waals surface area contributed by atoms with Crippen LogP contribution >= 0.6 is 11.6 Å². The van der Waals surface area contributed by atoms with Gasteiger partial charge >= 0.3 is 11.9 Å². The summed E-state index contributed by atoms with van der Waals surface area (Å²) in [6, 6.07) is 30.3. The highest BCUT2D eigenvalue weighted by atomic mass is 35.5. The number of halogens is 1. The molecule has 0 spiro atoms. The lowest BCUT2D eigenvalue weighted by atomic mass is 10.1. The van der Waals surface area contributed by atoms with Gasteiger partial charge in [-0.1, -0.05) is 72.3 Å². The van der Waals surface area contributed by atoms with Crippen LogP contribution in [0.2, 0.25) is 5.02 Å². The minimum Gasteiger partial charge on any atom is -0.423 e. The Kier molecular flexibility index (Phi) is 7.01. The fourth-order valence-corrected chi connectivity index (χ4v) is 3.79. The summed E-state index contributed by atoms with van der Waals surface area (Å²) in [6.45, 7) is 0. The summed E-state index contributed by atoms with van der Waals surface area (Å²) < 4.78 is 10.9. The van der Waals surface area contributed by atoms with E-state index < -0.39 is 11.9 Å². The number of esters is 2. The summed E-state index contributed by atoms with van der Waals surface area (Å²) >= 11 is 6.18. The maximum Gasteiger partial charge on any atom is 0.345 e. The lowest BCUT2D eigenvalue weighted by molar-refractivity contribution is 0.0732. The van der Waals surface area contributed by atoms with Gasteiger partial charge < -0.3 is 9.47 Å². The van der Waals surface area contributed by atoms with Crippen molar-refractivity contribution in [3.63, 3.8) is 0 Å². The Bertz CT molecular complexity index is 1420. The van der Waals surface area contributed by atoms with Gasteiger partial charge in [-0.15, -0.1) is 0 Å². The van der Waals surface area contributed by atoms with E-state index in [0.29, 0.717) is 0 Å². The molecule has 0 amide bonds. The first-order valence-electron chi connectivity index (χ1n) is 11.3. The number of hydrogen-bond acceptors (Lipinski definition) is 6. The van der Waals surface area contributed by atoms with Gasteiger partial charge in [-0.2, -0.15) is 0 Å². The highest BCUT2D eigenvalue weighted by Gasteiger charge is 2.14. The maximum atomic E-state index is 12.7. The van der Waals surface area contributed by atoms with E-state index in [1.807, 2.05) is 60.7 Å². The van der Waals surface area contributed by atoms with E-state index in [9.17, 15) is 9.59 Å². The first-order valence-corrected chi connectivity index (χ1v) is 11.7. The van der Waals surface area contributed by atoms with Crippen molar-refractivity contribution in [2.75, 3.05) is 0 Å². The van der Waals surface area contributed by atoms with Gasteiger partial charge in [0, 0.05) is 34.6 Å². The molecule has 0 saturated heterocycles. The van der Waals surface area contributed by atoms with Gasteiger partial charge in [0.2, 0.25) is 0 Å². The Labute approximate surface area is 218 Å². The molecule has 0 unspecified atom stereocenters. The number of aromatic nitrogens is 2. The molecule has 0 radical (unpaired) electrons. The van der Waals surface area contributed by atoms with E-state index in [4.69, 9.17) is 21.1 Å². The molecule has 5 aromatic rings. The number of nitrogens with zero attached hydrogens (tertiary/aromatic N) is 2. The van der Waals surface area contributed by atoms with E-state index >= 15 is 0 Å². The molecule has 2 aromatic heterocycles. The molecule has 5 rings (SSSR count). The van der Waals surface area contributed by atoms with Crippen molar-refractivity contribution < 1.29 is 19.1 Å². The lowest BCUT2D eigenvalue weighted by Gasteiger charge is -2.09. The predicted octanol–water partition coefficient (Wildman–Crippen LogP) is 6.90. The van der Waals surface area contributed by atoms with Gasteiger partial charge in [0.05, 0.1) is 22.5 Å². The summed E-state index contributed by atoms with van der Waals surface area (Å²) in [6.07, 6.45) is 2.89. The Morgan fingerprint density at radius 1 is 0.568 bits per heavy atom. The lowest BCUT2D eigenvalue weighted by Crippen LogP contribution is -2.11. The molecular formula is C30H19ClN2O4. The molecule has 0 bridgehead atoms. The molecule has 7 heteroatoms. The Balaban J connectivity index is 1.26. The van der Waals surface area contributed by atoms with Gasteiger partial charge in [-0.05, 0) is 36.4 Å². The minimum absolute atomic E-state index is 0.130. The Morgan fingerprint density at radius 2 is 1.00 bits per heavy atom. The molecule has 0 fully saturated rings. The van der Waals surface area contributed by atoms with E-state index in [-0.39, 0.29) is 27.6 Å². The van der Waals surface area contributed by atoms with Crippen molar-refractivity contribution in [3.8, 4) is 34.0 Å². The third-order valence-electron chi connectivity index (χ3n) is 5.40. The summed E-state index contributed by atoms with van der Waals surface area (Å²) in [5, 5.41) is 0.239. The zero-order chi connectivity index (χ0) is 25.6. The van der Waals surface area contributed by atoms with Crippen LogP contribution < -0.4 is 9.47 Å². The molecule has 2 heterocycles. The number of rotatable bonds is 6. The molecule has 0 atom stereocenters. The number of benzene rings is 3. The molecule has 37 heavy (non-hydrogen) atoms. The van der Waals surface area contributed by atoms with Crippen LogP contribution in [0, 0.1) is 0 Å². The zero-order valence-corrected chi connectivity index (χ0v) is 20.1. The summed E-state index contributed by atoms with van der Waals surface area (Å²) in [5.41, 5.74) is 3.88. The molecule has 0 aliphatic carbocycles. The normalized spacial score (nSPS) is 10.5. The van der Waals surface area contributed by atoms with Crippen LogP contribution in [-0.2, 0) is 0 Å². The third-order valence-corrected chi connectivity index (χ3v) is 5.62. The van der Waals surface area contributed by atoms with Crippen LogP contribution in [-0.4, -0.2) is 21.9 Å². The van der Waals surface area contributed by atoms with Crippen molar-refractivity contribution in [3.05, 3.63) is 132 Å². The number of carbonyl (C=O) groups is 2. The average molecular weight is 507 g/mol. The first kappa shape index (κ1) is 23.9. The van der Waals surface area contributed by atoms with Gasteiger partial charge in [0.25, 0.3) is 0 Å². The SMILES string of the molecule is O=C(Oc1cc(Cl)cc(OC(=O)c2ccc(-c3ccccc3)nc2)c1)c1ccc(-c2ccccc2)nc1. The van der Waals surface area contributed by atoms with Crippen molar-refractivity contribution in [1.29, 1.82) is 0 Å². The van der Waals surface area contributed by atoms with Crippen LogP contribution in [0.15, 0.2) is 116 Å². The number of hydrogen-bond donors (Lipinski definition) is 0. The molecule has 0 N–H and O–H groups in total. The predicted molar refractivity (Wildman–Crippen MR) is 141 cm³/mol. The monoisotopic (exact) mass is 506 g/mol. The second-order valence-electron chi connectivity index (χ2n) is 8.00. The van der Waals surface area contributed by atoms with E-state index in [0.717, 1.165) is 22.5 Å². The second-order valence-corrected chi connectivity index (χ2v) is 8.43. The fraction of sp³-hybridized carbons (Fsp3) is 0. The number of ether oxygens (including phenoxy) is 2. The van der Waals surface area contributed by atoms with Gasteiger partial charge in [0.15, 0.2) is 0 Å². The van der Waals surface area contributed by atoms with Crippen LogP contribution in [0.1, 0.15) is 20.7 Å². The summed E-state index contributed by atoms with van der Waals surface area (Å²) in [7, 11) is 0. The standard InChI is InChI=1S/C30H19ClN2O4/c31-24-15-25(36-29(34)22-11-13-27(32-18-22)20-7-3-1-4-8-20)17-26(16-24)37-30(35)23-12-14-28(33-19-23)21-9-5-2-6-10-21/h1-19H. The molecule has 0 aliphatic heterocycles. The van der Waals surface area contributed by atoms with Crippen molar-refractivity contribution >= 4 is 23.5 Å². The molecule has 3 aromatic carbocycles. The number of pyridine rings is 2. The van der Waals surface area contributed by atoms with Crippen LogP contribution in [0.5, 0.6) is 11.5 Å². The van der Waals surface area contributed by atoms with Crippen LogP contribution in [0.3, 0.4) is 0 Å². The highest BCUT2D eigenvalue weighted by molar-refractivity contribution is 6.30. The van der Waals surface area contributed by atoms with E-state index in [1.54, 1.807) is 24.3 Å². The summed E-state index contributed by atoms with van der Waals surface area (Å²) in [4.78, 5) is 34.0. The first-order chi connectivity index (χ1) is 18.0. The molecule has 0 aliphatic rings. The van der Waals surface area contributed by atoms with E-state index in [2.05, 4.69) is 9.97 Å². The molecular weight excluding hydrogens is 488 g/mol. The Morgan fingerprint density at radius 3 is 1.38 bits per heavy atom. The fourth-order valence-electron chi connectivity index (χ4n) is 3.58.